The molecule has 0 aromatic carbocycles. The second-order valence-corrected chi connectivity index (χ2v) is 9.87. The molecule has 0 spiro atoms. The number of hydrogen-bond donors (Lipinski definition) is 3. The first kappa shape index (κ1) is 22.8. The summed E-state index contributed by atoms with van der Waals surface area (Å²) in [4.78, 5) is 50.3. The third-order valence-corrected chi connectivity index (χ3v) is 7.18. The van der Waals surface area contributed by atoms with Crippen LogP contribution in [0.3, 0.4) is 0 Å². The first-order chi connectivity index (χ1) is 14.4. The molecule has 3 amide bonds. The summed E-state index contributed by atoms with van der Waals surface area (Å²) < 4.78 is 0. The number of rotatable bonds is 4. The van der Waals surface area contributed by atoms with E-state index in [0.29, 0.717) is 25.3 Å². The average molecular weight is 420 g/mol. The fourth-order valence-corrected chi connectivity index (χ4v) is 5.55. The van der Waals surface area contributed by atoms with Crippen molar-refractivity contribution in [3.8, 4) is 0 Å². The first-order valence-electron chi connectivity index (χ1n) is 11.7. The number of amides is 3. The Hall–Kier alpha value is -1.92. The van der Waals surface area contributed by atoms with Gasteiger partial charge in [0.15, 0.2) is 0 Å². The number of fused-ring (bicyclic) bond motifs is 1. The van der Waals surface area contributed by atoms with Crippen molar-refractivity contribution in [1.29, 1.82) is 0 Å². The Morgan fingerprint density at radius 1 is 0.867 bits per heavy atom. The standard InChI is InChI=1S/C23H37N3O4/c1-14(2)10-20-23(30)25-17(13-27)11-19-16(12-24-21(19)28)8-5-9-18(22(29)26-20)15-6-3-4-7-15/h13-20H,3-12H2,1-2H3,(H,24,28)(H,25,30)(H,26,29)/t16-,17-,18+,19-,20-/m0/s1. The number of aldehydes is 1. The van der Waals surface area contributed by atoms with Gasteiger partial charge in [0, 0.05) is 18.4 Å². The van der Waals surface area contributed by atoms with E-state index in [0.717, 1.165) is 51.2 Å². The van der Waals surface area contributed by atoms with Crippen LogP contribution in [0.4, 0.5) is 0 Å². The van der Waals surface area contributed by atoms with E-state index in [-0.39, 0.29) is 41.4 Å². The molecular formula is C23H37N3O4. The van der Waals surface area contributed by atoms with Gasteiger partial charge in [-0.15, -0.1) is 0 Å². The van der Waals surface area contributed by atoms with E-state index in [4.69, 9.17) is 0 Å². The zero-order valence-electron chi connectivity index (χ0n) is 18.3. The average Bonchev–Trinajstić information content (AvgIpc) is 3.34. The van der Waals surface area contributed by atoms with Crippen LogP contribution in [-0.4, -0.2) is 42.6 Å². The molecule has 3 aliphatic rings. The zero-order valence-corrected chi connectivity index (χ0v) is 18.3. The topological polar surface area (TPSA) is 104 Å². The Labute approximate surface area is 179 Å². The third kappa shape index (κ3) is 5.61. The largest absolute Gasteiger partial charge is 0.356 e. The second kappa shape index (κ2) is 10.4. The zero-order chi connectivity index (χ0) is 21.7. The lowest BCUT2D eigenvalue weighted by atomic mass is 9.82. The summed E-state index contributed by atoms with van der Waals surface area (Å²) in [6.45, 7) is 4.64. The fraction of sp³-hybridized carbons (Fsp3) is 0.826. The van der Waals surface area contributed by atoms with Crippen LogP contribution in [0.25, 0.3) is 0 Å². The molecule has 2 aliphatic heterocycles. The second-order valence-electron chi connectivity index (χ2n) is 9.87. The lowest BCUT2D eigenvalue weighted by Gasteiger charge is -2.27. The summed E-state index contributed by atoms with van der Waals surface area (Å²) in [6.07, 6.45) is 8.55. The summed E-state index contributed by atoms with van der Waals surface area (Å²) in [5.74, 6) is 0.0171. The summed E-state index contributed by atoms with van der Waals surface area (Å²) in [5, 5.41) is 8.74. The van der Waals surface area contributed by atoms with Crippen molar-refractivity contribution >= 4 is 24.0 Å². The van der Waals surface area contributed by atoms with Crippen molar-refractivity contribution in [2.45, 2.75) is 83.7 Å². The lowest BCUT2D eigenvalue weighted by Crippen LogP contribution is -2.52. The van der Waals surface area contributed by atoms with Gasteiger partial charge in [0.2, 0.25) is 17.7 Å². The number of carbonyl (C=O) groups is 4. The molecule has 3 N–H and O–H groups in total. The molecule has 3 fully saturated rings. The van der Waals surface area contributed by atoms with Gasteiger partial charge in [0.05, 0.1) is 6.04 Å². The Kier molecular flexibility index (Phi) is 7.89. The molecule has 0 bridgehead atoms. The highest BCUT2D eigenvalue weighted by Crippen LogP contribution is 2.36. The molecule has 2 saturated heterocycles. The maximum Gasteiger partial charge on any atom is 0.243 e. The molecule has 0 aromatic heterocycles. The Morgan fingerprint density at radius 3 is 2.23 bits per heavy atom. The summed E-state index contributed by atoms with van der Waals surface area (Å²) in [7, 11) is 0. The summed E-state index contributed by atoms with van der Waals surface area (Å²) >= 11 is 0. The molecule has 7 heteroatoms. The summed E-state index contributed by atoms with van der Waals surface area (Å²) in [6, 6.07) is -1.37. The van der Waals surface area contributed by atoms with Crippen LogP contribution < -0.4 is 16.0 Å². The predicted molar refractivity (Wildman–Crippen MR) is 113 cm³/mol. The minimum absolute atomic E-state index is 0.0261. The monoisotopic (exact) mass is 419 g/mol. The number of hydrogen-bond acceptors (Lipinski definition) is 4. The highest BCUT2D eigenvalue weighted by molar-refractivity contribution is 5.90. The minimum Gasteiger partial charge on any atom is -0.356 e. The van der Waals surface area contributed by atoms with E-state index in [1.54, 1.807) is 0 Å². The first-order valence-corrected chi connectivity index (χ1v) is 11.7. The van der Waals surface area contributed by atoms with E-state index in [1.165, 1.54) is 0 Å². The van der Waals surface area contributed by atoms with E-state index >= 15 is 0 Å². The van der Waals surface area contributed by atoms with Gasteiger partial charge in [-0.05, 0) is 56.3 Å². The van der Waals surface area contributed by atoms with Crippen molar-refractivity contribution in [3.05, 3.63) is 0 Å². The highest BCUT2D eigenvalue weighted by atomic mass is 16.2. The maximum atomic E-state index is 13.2. The third-order valence-electron chi connectivity index (χ3n) is 7.18. The minimum atomic E-state index is -0.716. The van der Waals surface area contributed by atoms with Crippen molar-refractivity contribution in [1.82, 2.24) is 16.0 Å². The molecule has 0 unspecified atom stereocenters. The van der Waals surface area contributed by atoms with Gasteiger partial charge in [-0.2, -0.15) is 0 Å². The molecule has 1 saturated carbocycles. The Morgan fingerprint density at radius 2 is 1.57 bits per heavy atom. The smallest absolute Gasteiger partial charge is 0.243 e. The van der Waals surface area contributed by atoms with E-state index < -0.39 is 12.1 Å². The molecule has 7 nitrogen and oxygen atoms in total. The van der Waals surface area contributed by atoms with Gasteiger partial charge in [-0.25, -0.2) is 0 Å². The number of carbonyl (C=O) groups excluding carboxylic acids is 4. The van der Waals surface area contributed by atoms with Crippen molar-refractivity contribution in [3.63, 3.8) is 0 Å². The highest BCUT2D eigenvalue weighted by Gasteiger charge is 2.39. The van der Waals surface area contributed by atoms with Gasteiger partial charge in [0.25, 0.3) is 0 Å². The molecule has 0 radical (unpaired) electrons. The molecule has 168 valence electrons. The van der Waals surface area contributed by atoms with E-state index in [2.05, 4.69) is 16.0 Å². The van der Waals surface area contributed by atoms with Crippen LogP contribution in [0.5, 0.6) is 0 Å². The van der Waals surface area contributed by atoms with Crippen LogP contribution in [-0.2, 0) is 19.2 Å². The molecule has 30 heavy (non-hydrogen) atoms. The van der Waals surface area contributed by atoms with Crippen LogP contribution in [0, 0.1) is 29.6 Å². The van der Waals surface area contributed by atoms with Gasteiger partial charge >= 0.3 is 0 Å². The van der Waals surface area contributed by atoms with Crippen LogP contribution in [0.15, 0.2) is 0 Å². The van der Waals surface area contributed by atoms with Crippen molar-refractivity contribution in [2.75, 3.05) is 6.54 Å². The van der Waals surface area contributed by atoms with Gasteiger partial charge in [-0.3, -0.25) is 14.4 Å². The Bertz CT molecular complexity index is 644. The van der Waals surface area contributed by atoms with Gasteiger partial charge < -0.3 is 20.7 Å². The lowest BCUT2D eigenvalue weighted by molar-refractivity contribution is -0.133. The molecule has 3 rings (SSSR count). The predicted octanol–water partition coefficient (Wildman–Crippen LogP) is 1.94. The molecule has 2 heterocycles. The summed E-state index contributed by atoms with van der Waals surface area (Å²) in [5.41, 5.74) is 0. The molecule has 5 atom stereocenters. The van der Waals surface area contributed by atoms with Crippen molar-refractivity contribution in [2.24, 2.45) is 29.6 Å². The Balaban J connectivity index is 1.84. The van der Waals surface area contributed by atoms with Crippen LogP contribution in [0.2, 0.25) is 0 Å². The fourth-order valence-electron chi connectivity index (χ4n) is 5.55. The SMILES string of the molecule is CC(C)C[C@@H]1NC(=O)[C@@H](C2CCCC2)CCC[C@H]2CNC(=O)[C@H]2C[C@@H](C=O)NC1=O. The number of nitrogens with one attached hydrogen (secondary N) is 3. The van der Waals surface area contributed by atoms with Gasteiger partial charge in [-0.1, -0.05) is 33.1 Å². The van der Waals surface area contributed by atoms with E-state index in [1.807, 2.05) is 13.8 Å². The van der Waals surface area contributed by atoms with Crippen LogP contribution >= 0.6 is 0 Å². The van der Waals surface area contributed by atoms with Crippen LogP contribution in [0.1, 0.15) is 71.6 Å². The molecular weight excluding hydrogens is 382 g/mol. The van der Waals surface area contributed by atoms with E-state index in [9.17, 15) is 19.2 Å². The van der Waals surface area contributed by atoms with Crippen molar-refractivity contribution < 1.29 is 19.2 Å². The quantitative estimate of drug-likeness (QED) is 0.606. The molecule has 0 aromatic rings. The van der Waals surface area contributed by atoms with Gasteiger partial charge in [0.1, 0.15) is 12.3 Å². The maximum absolute atomic E-state index is 13.2. The molecule has 1 aliphatic carbocycles. The normalized spacial score (nSPS) is 34.2.